The zero-order valence-corrected chi connectivity index (χ0v) is 12.7. The molecule has 1 N–H and O–H groups in total. The molecule has 1 saturated heterocycles. The van der Waals surface area contributed by atoms with Crippen LogP contribution in [0.1, 0.15) is 44.2 Å². The highest BCUT2D eigenvalue weighted by Gasteiger charge is 2.22. The quantitative estimate of drug-likeness (QED) is 0.807. The maximum atomic E-state index is 9.40. The van der Waals surface area contributed by atoms with Crippen molar-refractivity contribution >= 4 is 5.69 Å². The first-order valence-electron chi connectivity index (χ1n) is 7.77. The Morgan fingerprint density at radius 3 is 2.90 bits per heavy atom. The molecule has 1 aliphatic heterocycles. The standard InChI is InChI=1S/C17H25N3/c1-3-8-19-12-15-5-6-17(16(10-15)11-18)20-9-7-14(4-2)13-20/h5-6,10,14,19H,3-4,7-9,12-13H2,1-2H3. The Morgan fingerprint density at radius 2 is 2.25 bits per heavy atom. The minimum absolute atomic E-state index is 0.785. The van der Waals surface area contributed by atoms with Crippen molar-refractivity contribution in [3.8, 4) is 6.07 Å². The van der Waals surface area contributed by atoms with Crippen LogP contribution in [0.3, 0.4) is 0 Å². The van der Waals surface area contributed by atoms with Crippen molar-refractivity contribution in [1.82, 2.24) is 5.32 Å². The maximum Gasteiger partial charge on any atom is 0.101 e. The van der Waals surface area contributed by atoms with Gasteiger partial charge in [-0.1, -0.05) is 26.3 Å². The average Bonchev–Trinajstić information content (AvgIpc) is 2.96. The summed E-state index contributed by atoms with van der Waals surface area (Å²) in [5.74, 6) is 0.785. The Labute approximate surface area is 122 Å². The molecule has 0 aliphatic carbocycles. The van der Waals surface area contributed by atoms with Crippen LogP contribution >= 0.6 is 0 Å². The number of nitrogens with one attached hydrogen (secondary N) is 1. The van der Waals surface area contributed by atoms with Gasteiger partial charge in [0.25, 0.3) is 0 Å². The highest BCUT2D eigenvalue weighted by molar-refractivity contribution is 5.61. The molecule has 1 fully saturated rings. The number of nitrogens with zero attached hydrogens (tertiary/aromatic N) is 2. The fraction of sp³-hybridized carbons (Fsp3) is 0.588. The van der Waals surface area contributed by atoms with Crippen LogP contribution < -0.4 is 10.2 Å². The zero-order chi connectivity index (χ0) is 14.4. The van der Waals surface area contributed by atoms with E-state index in [1.54, 1.807) is 0 Å². The zero-order valence-electron chi connectivity index (χ0n) is 12.7. The summed E-state index contributed by atoms with van der Waals surface area (Å²) in [5, 5.41) is 12.8. The van der Waals surface area contributed by atoms with Gasteiger partial charge in [-0.15, -0.1) is 0 Å². The van der Waals surface area contributed by atoms with Gasteiger partial charge in [0.15, 0.2) is 0 Å². The van der Waals surface area contributed by atoms with Crippen LogP contribution in [-0.4, -0.2) is 19.6 Å². The Bertz CT molecular complexity index is 476. The second-order valence-electron chi connectivity index (χ2n) is 5.65. The summed E-state index contributed by atoms with van der Waals surface area (Å²) in [5.41, 5.74) is 3.13. The molecule has 0 aromatic heterocycles. The molecule has 0 saturated carbocycles. The Kier molecular flexibility index (Phi) is 5.43. The molecule has 20 heavy (non-hydrogen) atoms. The number of benzene rings is 1. The van der Waals surface area contributed by atoms with Crippen LogP contribution in [0.5, 0.6) is 0 Å². The van der Waals surface area contributed by atoms with Gasteiger partial charge in [0.2, 0.25) is 0 Å². The number of nitriles is 1. The molecule has 108 valence electrons. The first-order chi connectivity index (χ1) is 9.78. The van der Waals surface area contributed by atoms with Gasteiger partial charge in [-0.25, -0.2) is 0 Å². The van der Waals surface area contributed by atoms with Gasteiger partial charge in [-0.3, -0.25) is 0 Å². The SMILES string of the molecule is CCCNCc1ccc(N2CCC(CC)C2)c(C#N)c1. The predicted octanol–water partition coefficient (Wildman–Crippen LogP) is 3.29. The molecule has 1 aliphatic rings. The molecule has 1 unspecified atom stereocenters. The molecule has 0 spiro atoms. The molecule has 1 aromatic rings. The van der Waals surface area contributed by atoms with Crippen molar-refractivity contribution in [2.24, 2.45) is 5.92 Å². The largest absolute Gasteiger partial charge is 0.370 e. The molecule has 3 nitrogen and oxygen atoms in total. The van der Waals surface area contributed by atoms with Crippen LogP contribution in [0.2, 0.25) is 0 Å². The van der Waals surface area contributed by atoms with Gasteiger partial charge >= 0.3 is 0 Å². The lowest BCUT2D eigenvalue weighted by Gasteiger charge is -2.20. The monoisotopic (exact) mass is 271 g/mol. The lowest BCUT2D eigenvalue weighted by Crippen LogP contribution is -2.21. The van der Waals surface area contributed by atoms with Gasteiger partial charge in [0, 0.05) is 19.6 Å². The first kappa shape index (κ1) is 14.9. The van der Waals surface area contributed by atoms with Crippen molar-refractivity contribution < 1.29 is 0 Å². The minimum atomic E-state index is 0.785. The molecule has 1 atom stereocenters. The van der Waals surface area contributed by atoms with Gasteiger partial charge in [-0.05, 0) is 43.0 Å². The van der Waals surface area contributed by atoms with E-state index >= 15 is 0 Å². The van der Waals surface area contributed by atoms with Crippen LogP contribution in [0.15, 0.2) is 18.2 Å². The van der Waals surface area contributed by atoms with Crippen molar-refractivity contribution in [3.63, 3.8) is 0 Å². The summed E-state index contributed by atoms with van der Waals surface area (Å²) in [6.07, 6.45) is 3.62. The van der Waals surface area contributed by atoms with Crippen molar-refractivity contribution in [3.05, 3.63) is 29.3 Å². The van der Waals surface area contributed by atoms with Gasteiger partial charge in [0.1, 0.15) is 6.07 Å². The molecule has 0 radical (unpaired) electrons. The summed E-state index contributed by atoms with van der Waals surface area (Å²) < 4.78 is 0. The van der Waals surface area contributed by atoms with Crippen molar-refractivity contribution in [1.29, 1.82) is 5.26 Å². The Hall–Kier alpha value is -1.53. The molecule has 0 bridgehead atoms. The summed E-state index contributed by atoms with van der Waals surface area (Å²) in [7, 11) is 0. The van der Waals surface area contributed by atoms with E-state index < -0.39 is 0 Å². The fourth-order valence-electron chi connectivity index (χ4n) is 2.85. The van der Waals surface area contributed by atoms with E-state index in [-0.39, 0.29) is 0 Å². The van der Waals surface area contributed by atoms with E-state index in [4.69, 9.17) is 0 Å². The third kappa shape index (κ3) is 3.52. The van der Waals surface area contributed by atoms with E-state index in [1.165, 1.54) is 18.4 Å². The maximum absolute atomic E-state index is 9.40. The number of hydrogen-bond acceptors (Lipinski definition) is 3. The molecule has 1 heterocycles. The fourth-order valence-corrected chi connectivity index (χ4v) is 2.85. The molecule has 3 heteroatoms. The van der Waals surface area contributed by atoms with Crippen LogP contribution in [0, 0.1) is 17.2 Å². The van der Waals surface area contributed by atoms with Crippen LogP contribution in [0.4, 0.5) is 5.69 Å². The van der Waals surface area contributed by atoms with E-state index in [2.05, 4.69) is 42.3 Å². The summed E-state index contributed by atoms with van der Waals surface area (Å²) in [4.78, 5) is 2.37. The lowest BCUT2D eigenvalue weighted by atomic mass is 10.1. The van der Waals surface area contributed by atoms with Crippen molar-refractivity contribution in [2.45, 2.75) is 39.7 Å². The van der Waals surface area contributed by atoms with Crippen LogP contribution in [0.25, 0.3) is 0 Å². The summed E-state index contributed by atoms with van der Waals surface area (Å²) >= 11 is 0. The molecular formula is C17H25N3. The third-order valence-corrected chi connectivity index (χ3v) is 4.14. The lowest BCUT2D eigenvalue weighted by molar-refractivity contribution is 0.569. The first-order valence-corrected chi connectivity index (χ1v) is 7.77. The average molecular weight is 271 g/mol. The van der Waals surface area contributed by atoms with Crippen molar-refractivity contribution in [2.75, 3.05) is 24.5 Å². The normalized spacial score (nSPS) is 18.2. The highest BCUT2D eigenvalue weighted by atomic mass is 15.2. The second kappa shape index (κ2) is 7.31. The van der Waals surface area contributed by atoms with E-state index in [0.29, 0.717) is 0 Å². The molecular weight excluding hydrogens is 246 g/mol. The molecule has 1 aromatic carbocycles. The number of rotatable bonds is 6. The second-order valence-corrected chi connectivity index (χ2v) is 5.65. The highest BCUT2D eigenvalue weighted by Crippen LogP contribution is 2.28. The molecule has 0 amide bonds. The number of anilines is 1. The van der Waals surface area contributed by atoms with E-state index in [1.807, 2.05) is 6.07 Å². The minimum Gasteiger partial charge on any atom is -0.370 e. The summed E-state index contributed by atoms with van der Waals surface area (Å²) in [6, 6.07) is 8.68. The van der Waals surface area contributed by atoms with E-state index in [0.717, 1.165) is 49.8 Å². The summed E-state index contributed by atoms with van der Waals surface area (Å²) in [6.45, 7) is 8.46. The molecule has 2 rings (SSSR count). The van der Waals surface area contributed by atoms with Gasteiger partial charge < -0.3 is 10.2 Å². The van der Waals surface area contributed by atoms with Crippen LogP contribution in [-0.2, 0) is 6.54 Å². The third-order valence-electron chi connectivity index (χ3n) is 4.14. The topological polar surface area (TPSA) is 39.1 Å². The van der Waals surface area contributed by atoms with Gasteiger partial charge in [0.05, 0.1) is 11.3 Å². The Morgan fingerprint density at radius 1 is 1.40 bits per heavy atom. The van der Waals surface area contributed by atoms with Gasteiger partial charge in [-0.2, -0.15) is 5.26 Å². The smallest absolute Gasteiger partial charge is 0.101 e. The van der Waals surface area contributed by atoms with E-state index in [9.17, 15) is 5.26 Å². The predicted molar refractivity (Wildman–Crippen MR) is 83.8 cm³/mol. The number of hydrogen-bond donors (Lipinski definition) is 1. The Balaban J connectivity index is 2.08.